The molecule has 0 aromatic rings. The number of amides is 1. The van der Waals surface area contributed by atoms with Crippen LogP contribution in [0.1, 0.15) is 26.7 Å². The summed E-state index contributed by atoms with van der Waals surface area (Å²) in [5.74, 6) is 2.25. The minimum atomic E-state index is -0.836. The van der Waals surface area contributed by atoms with E-state index in [1.807, 2.05) is 25.6 Å². The van der Waals surface area contributed by atoms with Crippen LogP contribution in [0.25, 0.3) is 0 Å². The first-order valence-corrected chi connectivity index (χ1v) is 7.83. The first kappa shape index (κ1) is 15.3. The van der Waals surface area contributed by atoms with Crippen molar-refractivity contribution < 1.29 is 4.79 Å². The van der Waals surface area contributed by atoms with Gasteiger partial charge in [0, 0.05) is 37.7 Å². The van der Waals surface area contributed by atoms with Gasteiger partial charge in [-0.1, -0.05) is 13.8 Å². The zero-order chi connectivity index (χ0) is 13.4. The second kappa shape index (κ2) is 7.65. The molecule has 0 aliphatic carbocycles. The third-order valence-electron chi connectivity index (χ3n) is 3.67. The number of carbonyl (C=O) groups excluding carboxylic acids is 1. The second-order valence-corrected chi connectivity index (χ2v) is 5.84. The average molecular weight is 269 g/mol. The smallest absolute Gasteiger partial charge is 0.240 e. The maximum absolute atomic E-state index is 12.0. The lowest BCUT2D eigenvalue weighted by Crippen LogP contribution is -2.44. The van der Waals surface area contributed by atoms with Crippen LogP contribution in [0.15, 0.2) is 0 Å². The van der Waals surface area contributed by atoms with E-state index >= 15 is 0 Å². The first-order valence-electron chi connectivity index (χ1n) is 6.68. The lowest BCUT2D eigenvalue weighted by atomic mass is 9.83. The summed E-state index contributed by atoms with van der Waals surface area (Å²) in [6, 6.07) is 2.17. The van der Waals surface area contributed by atoms with Crippen molar-refractivity contribution in [1.82, 2.24) is 10.2 Å². The number of rotatable bonds is 6. The molecule has 18 heavy (non-hydrogen) atoms. The summed E-state index contributed by atoms with van der Waals surface area (Å²) >= 11 is 1.98. The SMILES string of the molecule is CCC(C#N)(CC)C(=O)NCCN1CCSCC1. The van der Waals surface area contributed by atoms with Crippen LogP contribution in [-0.4, -0.2) is 48.5 Å². The number of hydrogen-bond acceptors (Lipinski definition) is 4. The Morgan fingerprint density at radius 1 is 1.39 bits per heavy atom. The fraction of sp³-hybridized carbons (Fsp3) is 0.846. The molecule has 1 heterocycles. The number of thioether (sulfide) groups is 1. The highest BCUT2D eigenvalue weighted by molar-refractivity contribution is 7.99. The van der Waals surface area contributed by atoms with Crippen molar-refractivity contribution in [2.24, 2.45) is 5.41 Å². The van der Waals surface area contributed by atoms with Gasteiger partial charge in [-0.15, -0.1) is 0 Å². The number of carbonyl (C=O) groups is 1. The number of nitrogens with zero attached hydrogens (tertiary/aromatic N) is 2. The Bertz CT molecular complexity index is 304. The van der Waals surface area contributed by atoms with Gasteiger partial charge >= 0.3 is 0 Å². The molecule has 1 saturated heterocycles. The van der Waals surface area contributed by atoms with Crippen molar-refractivity contribution in [3.8, 4) is 6.07 Å². The van der Waals surface area contributed by atoms with E-state index in [0.717, 1.165) is 19.6 Å². The Labute approximate surface area is 114 Å². The highest BCUT2D eigenvalue weighted by Crippen LogP contribution is 2.25. The van der Waals surface area contributed by atoms with E-state index < -0.39 is 5.41 Å². The van der Waals surface area contributed by atoms with Crippen LogP contribution in [0.3, 0.4) is 0 Å². The van der Waals surface area contributed by atoms with Gasteiger partial charge in [-0.3, -0.25) is 9.69 Å². The summed E-state index contributed by atoms with van der Waals surface area (Å²) < 4.78 is 0. The minimum Gasteiger partial charge on any atom is -0.353 e. The summed E-state index contributed by atoms with van der Waals surface area (Å²) in [5.41, 5.74) is -0.836. The maximum atomic E-state index is 12.0. The van der Waals surface area contributed by atoms with Crippen LogP contribution in [0.2, 0.25) is 0 Å². The predicted molar refractivity (Wildman–Crippen MR) is 75.4 cm³/mol. The molecule has 1 amide bonds. The van der Waals surface area contributed by atoms with E-state index in [1.54, 1.807) is 0 Å². The van der Waals surface area contributed by atoms with Gasteiger partial charge in [-0.25, -0.2) is 0 Å². The largest absolute Gasteiger partial charge is 0.353 e. The fourth-order valence-electron chi connectivity index (χ4n) is 2.10. The molecule has 0 bridgehead atoms. The van der Waals surface area contributed by atoms with Crippen LogP contribution in [0.4, 0.5) is 0 Å². The van der Waals surface area contributed by atoms with Crippen LogP contribution in [0.5, 0.6) is 0 Å². The van der Waals surface area contributed by atoms with E-state index in [-0.39, 0.29) is 5.91 Å². The molecular formula is C13H23N3OS. The van der Waals surface area contributed by atoms with Crippen molar-refractivity contribution >= 4 is 17.7 Å². The molecule has 0 saturated carbocycles. The number of nitrogens with one attached hydrogen (secondary N) is 1. The summed E-state index contributed by atoms with van der Waals surface area (Å²) in [6.07, 6.45) is 1.15. The van der Waals surface area contributed by atoms with Crippen molar-refractivity contribution in [3.05, 3.63) is 0 Å². The molecule has 1 rings (SSSR count). The van der Waals surface area contributed by atoms with Gasteiger partial charge in [-0.2, -0.15) is 17.0 Å². The Morgan fingerprint density at radius 2 is 2.00 bits per heavy atom. The van der Waals surface area contributed by atoms with Gasteiger partial charge in [-0.05, 0) is 12.8 Å². The topological polar surface area (TPSA) is 56.1 Å². The number of nitriles is 1. The lowest BCUT2D eigenvalue weighted by Gasteiger charge is -2.27. The molecule has 0 unspecified atom stereocenters. The standard InChI is InChI=1S/C13H23N3OS/c1-3-13(4-2,11-14)12(17)15-5-6-16-7-9-18-10-8-16/h3-10H2,1-2H3,(H,15,17). The van der Waals surface area contributed by atoms with E-state index in [0.29, 0.717) is 19.4 Å². The monoisotopic (exact) mass is 269 g/mol. The molecular weight excluding hydrogens is 246 g/mol. The zero-order valence-electron chi connectivity index (χ0n) is 11.4. The molecule has 0 aromatic carbocycles. The van der Waals surface area contributed by atoms with E-state index in [4.69, 9.17) is 0 Å². The van der Waals surface area contributed by atoms with Crippen LogP contribution < -0.4 is 5.32 Å². The van der Waals surface area contributed by atoms with E-state index in [9.17, 15) is 10.1 Å². The third-order valence-corrected chi connectivity index (χ3v) is 4.62. The summed E-state index contributed by atoms with van der Waals surface area (Å²) in [6.45, 7) is 7.54. The zero-order valence-corrected chi connectivity index (χ0v) is 12.2. The molecule has 0 aromatic heterocycles. The molecule has 1 aliphatic heterocycles. The van der Waals surface area contributed by atoms with Crippen molar-refractivity contribution in [1.29, 1.82) is 5.26 Å². The Hall–Kier alpha value is -0.730. The molecule has 4 nitrogen and oxygen atoms in total. The Morgan fingerprint density at radius 3 is 2.50 bits per heavy atom. The normalized spacial score (nSPS) is 17.2. The van der Waals surface area contributed by atoms with Crippen molar-refractivity contribution in [3.63, 3.8) is 0 Å². The highest BCUT2D eigenvalue weighted by Gasteiger charge is 2.34. The van der Waals surface area contributed by atoms with Gasteiger partial charge in [0.2, 0.25) is 5.91 Å². The van der Waals surface area contributed by atoms with E-state index in [1.165, 1.54) is 11.5 Å². The molecule has 102 valence electrons. The predicted octanol–water partition coefficient (Wildman–Crippen LogP) is 1.48. The van der Waals surface area contributed by atoms with Crippen LogP contribution in [0, 0.1) is 16.7 Å². The quantitative estimate of drug-likeness (QED) is 0.793. The summed E-state index contributed by atoms with van der Waals surface area (Å²) in [5, 5.41) is 12.1. The van der Waals surface area contributed by atoms with Crippen molar-refractivity contribution in [2.75, 3.05) is 37.7 Å². The minimum absolute atomic E-state index is 0.110. The third kappa shape index (κ3) is 3.89. The number of hydrogen-bond donors (Lipinski definition) is 1. The van der Waals surface area contributed by atoms with Gasteiger partial charge < -0.3 is 5.32 Å². The molecule has 5 heteroatoms. The molecule has 0 spiro atoms. The van der Waals surface area contributed by atoms with Gasteiger partial charge in [0.15, 0.2) is 0 Å². The Balaban J connectivity index is 2.33. The fourth-order valence-corrected chi connectivity index (χ4v) is 3.08. The Kier molecular flexibility index (Phi) is 6.51. The lowest BCUT2D eigenvalue weighted by molar-refractivity contribution is -0.128. The molecule has 1 N–H and O–H groups in total. The molecule has 1 fully saturated rings. The van der Waals surface area contributed by atoms with Gasteiger partial charge in [0.05, 0.1) is 6.07 Å². The molecule has 1 aliphatic rings. The second-order valence-electron chi connectivity index (χ2n) is 4.61. The maximum Gasteiger partial charge on any atom is 0.240 e. The summed E-state index contributed by atoms with van der Waals surface area (Å²) in [7, 11) is 0. The summed E-state index contributed by atoms with van der Waals surface area (Å²) in [4.78, 5) is 14.4. The average Bonchev–Trinajstić information content (AvgIpc) is 2.42. The van der Waals surface area contributed by atoms with Crippen molar-refractivity contribution in [2.45, 2.75) is 26.7 Å². The molecule has 0 atom stereocenters. The van der Waals surface area contributed by atoms with Crippen LogP contribution >= 0.6 is 11.8 Å². The van der Waals surface area contributed by atoms with E-state index in [2.05, 4.69) is 16.3 Å². The molecule has 0 radical (unpaired) electrons. The highest BCUT2D eigenvalue weighted by atomic mass is 32.2. The van der Waals surface area contributed by atoms with Crippen LogP contribution in [-0.2, 0) is 4.79 Å². The van der Waals surface area contributed by atoms with Gasteiger partial charge in [0.1, 0.15) is 5.41 Å². The first-order chi connectivity index (χ1) is 8.68. The van der Waals surface area contributed by atoms with Gasteiger partial charge in [0.25, 0.3) is 0 Å².